The zero-order valence-corrected chi connectivity index (χ0v) is 10.7. The average molecular weight is 250 g/mol. The molecule has 4 heteroatoms. The predicted octanol–water partition coefficient (Wildman–Crippen LogP) is 0.341. The zero-order chi connectivity index (χ0) is 12.4. The Bertz CT molecular complexity index is 384. The number of hydrogen-bond donors (Lipinski definition) is 2. The standard InChI is InChI=1S/C14H22N2O2/c15-10-2-1-7(4-10)14(18)16-6-9-3-8-5-11(9)12(16)13(8)17/h7-13,17H,1-6,15H2. The summed E-state index contributed by atoms with van der Waals surface area (Å²) in [6, 6.07) is 0.345. The van der Waals surface area contributed by atoms with Crippen LogP contribution in [-0.2, 0) is 4.79 Å². The van der Waals surface area contributed by atoms with Crippen LogP contribution in [0.2, 0.25) is 0 Å². The molecule has 3 aliphatic carbocycles. The lowest BCUT2D eigenvalue weighted by Crippen LogP contribution is -2.45. The van der Waals surface area contributed by atoms with Crippen molar-refractivity contribution < 1.29 is 9.90 Å². The fraction of sp³-hybridized carbons (Fsp3) is 0.929. The number of rotatable bonds is 1. The van der Waals surface area contributed by atoms with Gasteiger partial charge in [-0.15, -0.1) is 0 Å². The molecule has 0 aromatic heterocycles. The number of likely N-dealkylation sites (tertiary alicyclic amines) is 1. The highest BCUT2D eigenvalue weighted by Gasteiger charge is 2.60. The molecule has 0 spiro atoms. The molecule has 7 atom stereocenters. The maximum Gasteiger partial charge on any atom is 0.226 e. The van der Waals surface area contributed by atoms with Crippen molar-refractivity contribution >= 4 is 5.91 Å². The molecule has 1 saturated heterocycles. The van der Waals surface area contributed by atoms with E-state index in [0.29, 0.717) is 17.8 Å². The van der Waals surface area contributed by atoms with Crippen LogP contribution in [0.3, 0.4) is 0 Å². The van der Waals surface area contributed by atoms with Crippen molar-refractivity contribution in [3.63, 3.8) is 0 Å². The van der Waals surface area contributed by atoms with Crippen LogP contribution in [0.25, 0.3) is 0 Å². The molecule has 1 aliphatic heterocycles. The Morgan fingerprint density at radius 2 is 2.00 bits per heavy atom. The minimum atomic E-state index is -0.257. The maximum atomic E-state index is 12.6. The number of amides is 1. The number of fused-ring (bicyclic) bond motifs is 1. The molecule has 4 nitrogen and oxygen atoms in total. The lowest BCUT2D eigenvalue weighted by Gasteiger charge is -2.30. The van der Waals surface area contributed by atoms with Crippen molar-refractivity contribution in [1.82, 2.24) is 4.90 Å². The third-order valence-electron chi connectivity index (χ3n) is 5.95. The second-order valence-corrected chi connectivity index (χ2v) is 6.90. The summed E-state index contributed by atoms with van der Waals surface area (Å²) < 4.78 is 0. The second kappa shape index (κ2) is 3.70. The summed E-state index contributed by atoms with van der Waals surface area (Å²) in [5.41, 5.74) is 5.91. The van der Waals surface area contributed by atoms with Gasteiger partial charge >= 0.3 is 0 Å². The van der Waals surface area contributed by atoms with Crippen LogP contribution in [0.4, 0.5) is 0 Å². The van der Waals surface area contributed by atoms with E-state index in [4.69, 9.17) is 5.73 Å². The van der Waals surface area contributed by atoms with E-state index in [9.17, 15) is 9.90 Å². The fourth-order valence-corrected chi connectivity index (χ4v) is 5.14. The number of nitrogens with two attached hydrogens (primary N) is 1. The van der Waals surface area contributed by atoms with Gasteiger partial charge in [-0.05, 0) is 49.9 Å². The number of nitrogens with zero attached hydrogens (tertiary/aromatic N) is 1. The normalized spacial score (nSPS) is 53.4. The predicted molar refractivity (Wildman–Crippen MR) is 66.5 cm³/mol. The highest BCUT2D eigenvalue weighted by molar-refractivity contribution is 5.80. The molecule has 18 heavy (non-hydrogen) atoms. The van der Waals surface area contributed by atoms with Gasteiger partial charge in [-0.1, -0.05) is 0 Å². The Balaban J connectivity index is 1.54. The monoisotopic (exact) mass is 250 g/mol. The second-order valence-electron chi connectivity index (χ2n) is 6.90. The molecule has 3 N–H and O–H groups in total. The van der Waals surface area contributed by atoms with Gasteiger partial charge in [0.1, 0.15) is 0 Å². The van der Waals surface area contributed by atoms with Gasteiger partial charge in [0.25, 0.3) is 0 Å². The van der Waals surface area contributed by atoms with Gasteiger partial charge in [-0.2, -0.15) is 0 Å². The molecule has 4 fully saturated rings. The molecule has 4 aliphatic rings. The molecule has 1 amide bonds. The SMILES string of the molecule is NC1CCC(C(=O)N2CC3CC4CC3C2C4O)C1. The largest absolute Gasteiger partial charge is 0.391 e. The molecule has 0 aromatic rings. The molecule has 100 valence electrons. The van der Waals surface area contributed by atoms with Gasteiger partial charge in [-0.3, -0.25) is 4.79 Å². The van der Waals surface area contributed by atoms with E-state index in [1.807, 2.05) is 4.90 Å². The number of hydrogen-bond acceptors (Lipinski definition) is 3. The highest BCUT2D eigenvalue weighted by Crippen LogP contribution is 2.55. The van der Waals surface area contributed by atoms with E-state index < -0.39 is 0 Å². The van der Waals surface area contributed by atoms with Crippen molar-refractivity contribution in [1.29, 1.82) is 0 Å². The smallest absolute Gasteiger partial charge is 0.226 e. The van der Waals surface area contributed by atoms with Crippen molar-refractivity contribution in [2.24, 2.45) is 29.4 Å². The third-order valence-corrected chi connectivity index (χ3v) is 5.95. The summed E-state index contributed by atoms with van der Waals surface area (Å²) in [5.74, 6) is 2.13. The molecule has 0 aromatic carbocycles. The molecular weight excluding hydrogens is 228 g/mol. The summed E-state index contributed by atoms with van der Waals surface area (Å²) in [4.78, 5) is 14.6. The molecule has 3 saturated carbocycles. The van der Waals surface area contributed by atoms with Gasteiger partial charge in [-0.25, -0.2) is 0 Å². The first kappa shape index (κ1) is 11.2. The van der Waals surface area contributed by atoms with Crippen LogP contribution < -0.4 is 5.73 Å². The number of aliphatic hydroxyl groups is 1. The number of carbonyl (C=O) groups is 1. The molecule has 1 heterocycles. The number of aliphatic hydroxyl groups excluding tert-OH is 1. The summed E-state index contributed by atoms with van der Waals surface area (Å²) in [7, 11) is 0. The van der Waals surface area contributed by atoms with Gasteiger partial charge in [0.2, 0.25) is 5.91 Å². The minimum Gasteiger partial charge on any atom is -0.391 e. The fourth-order valence-electron chi connectivity index (χ4n) is 5.14. The maximum absolute atomic E-state index is 12.6. The van der Waals surface area contributed by atoms with E-state index in [1.165, 1.54) is 0 Å². The summed E-state index contributed by atoms with van der Waals surface area (Å²) >= 11 is 0. The van der Waals surface area contributed by atoms with Crippen LogP contribution in [0.1, 0.15) is 32.1 Å². The topological polar surface area (TPSA) is 66.6 Å². The van der Waals surface area contributed by atoms with Crippen LogP contribution >= 0.6 is 0 Å². The molecule has 0 radical (unpaired) electrons. The first-order chi connectivity index (χ1) is 8.65. The number of carbonyl (C=O) groups excluding carboxylic acids is 1. The van der Waals surface area contributed by atoms with Crippen LogP contribution in [0, 0.1) is 23.7 Å². The molecule has 4 rings (SSSR count). The van der Waals surface area contributed by atoms with Crippen molar-refractivity contribution in [3.8, 4) is 0 Å². The van der Waals surface area contributed by atoms with Gasteiger partial charge in [0, 0.05) is 18.5 Å². The lowest BCUT2D eigenvalue weighted by atomic mass is 9.88. The third kappa shape index (κ3) is 1.36. The van der Waals surface area contributed by atoms with Crippen molar-refractivity contribution in [3.05, 3.63) is 0 Å². The summed E-state index contributed by atoms with van der Waals surface area (Å²) in [6.45, 7) is 0.896. The van der Waals surface area contributed by atoms with E-state index in [1.54, 1.807) is 0 Å². The zero-order valence-electron chi connectivity index (χ0n) is 10.7. The van der Waals surface area contributed by atoms with E-state index in [0.717, 1.165) is 38.6 Å². The summed E-state index contributed by atoms with van der Waals surface area (Å²) in [5, 5.41) is 10.3. The first-order valence-electron chi connectivity index (χ1n) is 7.39. The van der Waals surface area contributed by atoms with Crippen LogP contribution in [0.15, 0.2) is 0 Å². The van der Waals surface area contributed by atoms with E-state index in [-0.39, 0.29) is 30.0 Å². The molecular formula is C14H22N2O2. The summed E-state index contributed by atoms with van der Waals surface area (Å²) in [6.07, 6.45) is 4.79. The quantitative estimate of drug-likeness (QED) is 0.705. The van der Waals surface area contributed by atoms with Gasteiger partial charge in [0.05, 0.1) is 12.1 Å². The highest BCUT2D eigenvalue weighted by atomic mass is 16.3. The van der Waals surface area contributed by atoms with E-state index >= 15 is 0 Å². The van der Waals surface area contributed by atoms with Gasteiger partial charge in [0.15, 0.2) is 0 Å². The van der Waals surface area contributed by atoms with Crippen molar-refractivity contribution in [2.75, 3.05) is 6.54 Å². The van der Waals surface area contributed by atoms with Gasteiger partial charge < -0.3 is 15.7 Å². The lowest BCUT2D eigenvalue weighted by molar-refractivity contribution is -0.138. The Morgan fingerprint density at radius 1 is 1.17 bits per heavy atom. The van der Waals surface area contributed by atoms with Crippen LogP contribution in [0.5, 0.6) is 0 Å². The Morgan fingerprint density at radius 3 is 2.67 bits per heavy atom. The average Bonchev–Trinajstić information content (AvgIpc) is 3.01. The molecule has 7 unspecified atom stereocenters. The Labute approximate surface area is 108 Å². The van der Waals surface area contributed by atoms with Crippen molar-refractivity contribution in [2.45, 2.75) is 50.3 Å². The molecule has 2 bridgehead atoms. The van der Waals surface area contributed by atoms with Crippen LogP contribution in [-0.4, -0.2) is 40.6 Å². The Kier molecular flexibility index (Phi) is 2.31. The van der Waals surface area contributed by atoms with E-state index in [2.05, 4.69) is 0 Å². The first-order valence-corrected chi connectivity index (χ1v) is 7.39. The Hall–Kier alpha value is -0.610. The minimum absolute atomic E-state index is 0.128.